The van der Waals surface area contributed by atoms with Crippen LogP contribution < -0.4 is 0 Å². The monoisotopic (exact) mass is 407 g/mol. The zero-order chi connectivity index (χ0) is 19.6. The first-order valence-corrected chi connectivity index (χ1v) is 11.9. The average molecular weight is 407 g/mol. The van der Waals surface area contributed by atoms with Crippen molar-refractivity contribution in [1.29, 1.82) is 0 Å². The average Bonchev–Trinajstić information content (AvgIpc) is 2.69. The van der Waals surface area contributed by atoms with E-state index in [4.69, 9.17) is 9.47 Å². The minimum atomic E-state index is -1.73. The molecule has 0 N–H and O–H groups in total. The predicted molar refractivity (Wildman–Crippen MR) is 113 cm³/mol. The van der Waals surface area contributed by atoms with Crippen LogP contribution in [0.1, 0.15) is 33.6 Å². The van der Waals surface area contributed by atoms with E-state index in [1.165, 1.54) is 0 Å². The first-order chi connectivity index (χ1) is 13.1. The minimum Gasteiger partial charge on any atom is -0.466 e. The van der Waals surface area contributed by atoms with Gasteiger partial charge in [0.1, 0.15) is 5.92 Å². The molecule has 0 aliphatic carbocycles. The molecule has 6 heteroatoms. The summed E-state index contributed by atoms with van der Waals surface area (Å²) >= 11 is 1.56. The summed E-state index contributed by atoms with van der Waals surface area (Å²) in [5.74, 6) is -1.39. The van der Waals surface area contributed by atoms with Gasteiger partial charge in [-0.05, 0) is 37.1 Å². The first-order valence-electron chi connectivity index (χ1n) is 9.44. The largest absolute Gasteiger partial charge is 0.466 e. The smallest absolute Gasteiger partial charge is 0.382 e. The fourth-order valence-corrected chi connectivity index (χ4v) is 6.19. The summed E-state index contributed by atoms with van der Waals surface area (Å²) in [4.78, 5) is 13.5. The second kappa shape index (κ2) is 11.4. The van der Waals surface area contributed by atoms with E-state index in [2.05, 4.69) is 18.2 Å². The van der Waals surface area contributed by atoms with Gasteiger partial charge in [-0.25, -0.2) is 0 Å². The Morgan fingerprint density at radius 2 is 1.81 bits per heavy atom. The van der Waals surface area contributed by atoms with E-state index in [0.29, 0.717) is 25.1 Å². The van der Waals surface area contributed by atoms with Crippen molar-refractivity contribution in [2.45, 2.75) is 44.4 Å². The van der Waals surface area contributed by atoms with Gasteiger partial charge in [0, 0.05) is 11.5 Å². The van der Waals surface area contributed by atoms with Crippen molar-refractivity contribution in [3.05, 3.63) is 42.5 Å². The fourth-order valence-electron chi connectivity index (χ4n) is 3.04. The lowest BCUT2D eigenvalue weighted by Gasteiger charge is -2.18. The summed E-state index contributed by atoms with van der Waals surface area (Å²) in [6.45, 7) is 6.39. The van der Waals surface area contributed by atoms with Gasteiger partial charge in [-0.3, -0.25) is 4.79 Å². The third kappa shape index (κ3) is 6.03. The predicted octanol–water partition coefficient (Wildman–Crippen LogP) is 6.06. The molecule has 0 radical (unpaired) electrons. The molecule has 3 atom stereocenters. The van der Waals surface area contributed by atoms with Gasteiger partial charge < -0.3 is 9.47 Å². The zero-order valence-electron chi connectivity index (χ0n) is 16.2. The maximum atomic E-state index is 13.1. The summed E-state index contributed by atoms with van der Waals surface area (Å²) < 4.78 is 24.0. The van der Waals surface area contributed by atoms with Gasteiger partial charge in [-0.2, -0.15) is 0 Å². The van der Waals surface area contributed by atoms with Crippen LogP contribution in [0.3, 0.4) is 0 Å². The second-order valence-electron chi connectivity index (χ2n) is 6.16. The molecule has 146 valence electrons. The Morgan fingerprint density at radius 1 is 1.07 bits per heavy atom. The Labute approximate surface area is 166 Å². The van der Waals surface area contributed by atoms with Gasteiger partial charge in [-0.15, -0.1) is 0 Å². The van der Waals surface area contributed by atoms with E-state index in [0.717, 1.165) is 22.1 Å². The first kappa shape index (κ1) is 21.9. The highest BCUT2D eigenvalue weighted by Crippen LogP contribution is 2.42. The van der Waals surface area contributed by atoms with Crippen molar-refractivity contribution in [2.75, 3.05) is 18.7 Å². The van der Waals surface area contributed by atoms with Crippen LogP contribution in [0.2, 0.25) is 0 Å². The molecule has 0 amide bonds. The zero-order valence-corrected chi connectivity index (χ0v) is 17.9. The van der Waals surface area contributed by atoms with Gasteiger partial charge in [0.25, 0.3) is 5.85 Å². The third-order valence-electron chi connectivity index (χ3n) is 4.25. The van der Waals surface area contributed by atoms with Gasteiger partial charge in [0.05, 0.1) is 6.61 Å². The number of carbonyl (C=O) groups is 1. The number of ether oxygens (including phenoxy) is 2. The number of esters is 1. The molecule has 2 aromatic rings. The number of hydrogen-bond acceptors (Lipinski definition) is 5. The van der Waals surface area contributed by atoms with Crippen molar-refractivity contribution in [2.24, 2.45) is 5.92 Å². The van der Waals surface area contributed by atoms with Crippen molar-refractivity contribution in [3.8, 4) is 0 Å². The molecule has 0 saturated heterocycles. The standard InChI is InChI=1S/C21H28O4PS/c1-4-10-18(20(22)24-5-2)21(25-6-3)26(23)15-27-19-14-9-12-16-11-7-8-13-17(16)19/h7-9,11-14,18,21H,4-6,10,15H2,1-3H3/q+1. The lowest BCUT2D eigenvalue weighted by molar-refractivity contribution is -0.151. The van der Waals surface area contributed by atoms with Gasteiger partial charge in [-0.1, -0.05) is 66.1 Å². The topological polar surface area (TPSA) is 52.6 Å². The van der Waals surface area contributed by atoms with Gasteiger partial charge in [0.15, 0.2) is 5.49 Å². The Bertz CT molecular complexity index is 759. The number of fused-ring (bicyclic) bond motifs is 1. The molecule has 27 heavy (non-hydrogen) atoms. The Kier molecular flexibility index (Phi) is 9.26. The number of hydrogen-bond donors (Lipinski definition) is 0. The highest BCUT2D eigenvalue weighted by atomic mass is 32.2. The van der Waals surface area contributed by atoms with E-state index >= 15 is 0 Å². The maximum absolute atomic E-state index is 13.1. The molecule has 0 bridgehead atoms. The summed E-state index contributed by atoms with van der Waals surface area (Å²) in [5, 5.41) is 2.31. The van der Waals surface area contributed by atoms with Crippen LogP contribution >= 0.6 is 19.6 Å². The molecule has 0 aliphatic rings. The Balaban J connectivity index is 2.14. The van der Waals surface area contributed by atoms with Crippen molar-refractivity contribution < 1.29 is 18.8 Å². The molecule has 0 aromatic heterocycles. The summed E-state index contributed by atoms with van der Waals surface area (Å²) in [6, 6.07) is 14.3. The highest BCUT2D eigenvalue weighted by Gasteiger charge is 2.43. The minimum absolute atomic E-state index is 0.309. The molecule has 2 aromatic carbocycles. The van der Waals surface area contributed by atoms with Crippen LogP contribution in [0.25, 0.3) is 10.8 Å². The van der Waals surface area contributed by atoms with Crippen LogP contribution in [-0.2, 0) is 18.8 Å². The normalized spacial score (nSPS) is 14.0. The van der Waals surface area contributed by atoms with E-state index in [1.807, 2.05) is 38.1 Å². The molecule has 0 aliphatic heterocycles. The summed E-state index contributed by atoms with van der Waals surface area (Å²) in [6.07, 6.45) is 1.43. The van der Waals surface area contributed by atoms with Gasteiger partial charge >= 0.3 is 13.8 Å². The molecule has 4 nitrogen and oxygen atoms in total. The van der Waals surface area contributed by atoms with Crippen LogP contribution in [0.15, 0.2) is 47.4 Å². The molecule has 0 heterocycles. The Morgan fingerprint density at radius 3 is 2.52 bits per heavy atom. The van der Waals surface area contributed by atoms with Crippen molar-refractivity contribution in [1.82, 2.24) is 0 Å². The van der Waals surface area contributed by atoms with Crippen LogP contribution in [0.5, 0.6) is 0 Å². The van der Waals surface area contributed by atoms with Crippen molar-refractivity contribution in [3.63, 3.8) is 0 Å². The highest BCUT2D eigenvalue weighted by molar-refractivity contribution is 8.04. The maximum Gasteiger partial charge on any atom is 0.382 e. The molecule has 3 unspecified atom stereocenters. The van der Waals surface area contributed by atoms with Crippen LogP contribution in [0.4, 0.5) is 0 Å². The molecule has 2 rings (SSSR count). The number of rotatable bonds is 11. The fraction of sp³-hybridized carbons (Fsp3) is 0.476. The van der Waals surface area contributed by atoms with Gasteiger partial charge in [0.2, 0.25) is 0 Å². The molecule has 0 spiro atoms. The van der Waals surface area contributed by atoms with Crippen molar-refractivity contribution >= 4 is 36.3 Å². The number of benzene rings is 2. The quantitative estimate of drug-likeness (QED) is 0.257. The molecular formula is C21H28O4PS+. The van der Waals surface area contributed by atoms with E-state index in [9.17, 15) is 9.36 Å². The van der Waals surface area contributed by atoms with E-state index in [-0.39, 0.29) is 5.97 Å². The lowest BCUT2D eigenvalue weighted by Crippen LogP contribution is -2.30. The number of carbonyl (C=O) groups excluding carboxylic acids is 1. The molecule has 0 saturated carbocycles. The van der Waals surface area contributed by atoms with E-state index in [1.54, 1.807) is 18.7 Å². The second-order valence-corrected chi connectivity index (χ2v) is 9.27. The summed E-state index contributed by atoms with van der Waals surface area (Å²) in [7, 11) is -1.73. The number of thioether (sulfide) groups is 1. The molecule has 0 fully saturated rings. The molecular weight excluding hydrogens is 379 g/mol. The van der Waals surface area contributed by atoms with Crippen LogP contribution in [0, 0.1) is 5.92 Å². The third-order valence-corrected chi connectivity index (χ3v) is 7.53. The lowest BCUT2D eigenvalue weighted by atomic mass is 10.1. The van der Waals surface area contributed by atoms with E-state index < -0.39 is 19.6 Å². The SMILES string of the molecule is CCCC(C(=O)OCC)C(OCC)[P+](=O)CSc1cccc2ccccc12. The van der Waals surface area contributed by atoms with Crippen LogP contribution in [-0.4, -0.2) is 30.5 Å². The Hall–Kier alpha value is -1.42. The summed E-state index contributed by atoms with van der Waals surface area (Å²) in [5.41, 5.74) is 0.410.